The molecule has 0 radical (unpaired) electrons. The number of carbonyl (C=O) groups is 1. The van der Waals surface area contributed by atoms with E-state index in [0.29, 0.717) is 13.0 Å². The lowest BCUT2D eigenvalue weighted by Crippen LogP contribution is -2.17. The number of thioether (sulfide) groups is 1. The zero-order valence-corrected chi connectivity index (χ0v) is 11.7. The first-order chi connectivity index (χ1) is 8.67. The van der Waals surface area contributed by atoms with E-state index in [4.69, 9.17) is 10.5 Å². The van der Waals surface area contributed by atoms with Crippen molar-refractivity contribution in [2.24, 2.45) is 0 Å². The molecule has 4 nitrogen and oxygen atoms in total. The summed E-state index contributed by atoms with van der Waals surface area (Å²) in [6.45, 7) is 2.59. The lowest BCUT2D eigenvalue weighted by molar-refractivity contribution is -0.120. The Kier molecular flexibility index (Phi) is 6.43. The summed E-state index contributed by atoms with van der Waals surface area (Å²) in [6.07, 6.45) is 1.39. The van der Waals surface area contributed by atoms with Gasteiger partial charge >= 0.3 is 0 Å². The van der Waals surface area contributed by atoms with Crippen molar-refractivity contribution in [1.29, 1.82) is 0 Å². The van der Waals surface area contributed by atoms with Crippen molar-refractivity contribution in [1.82, 2.24) is 5.32 Å². The highest BCUT2D eigenvalue weighted by molar-refractivity contribution is 7.99. The molecule has 0 bridgehead atoms. The minimum atomic E-state index is 0.0756. The summed E-state index contributed by atoms with van der Waals surface area (Å²) in [5.74, 6) is 1.78. The molecular weight excluding hydrogens is 248 g/mol. The van der Waals surface area contributed by atoms with E-state index in [-0.39, 0.29) is 5.91 Å². The van der Waals surface area contributed by atoms with Gasteiger partial charge in [-0.25, -0.2) is 0 Å². The SMILES string of the molecule is CCOc1ccc(N)c(SCCCC(=O)NC)c1. The van der Waals surface area contributed by atoms with Crippen LogP contribution < -0.4 is 15.8 Å². The minimum absolute atomic E-state index is 0.0756. The molecule has 0 heterocycles. The maximum absolute atomic E-state index is 11.1. The van der Waals surface area contributed by atoms with Crippen molar-refractivity contribution >= 4 is 23.4 Å². The van der Waals surface area contributed by atoms with E-state index in [1.165, 1.54) is 0 Å². The summed E-state index contributed by atoms with van der Waals surface area (Å²) in [5.41, 5.74) is 6.65. The standard InChI is InChI=1S/C13H20N2O2S/c1-3-17-10-6-7-11(14)12(9-10)18-8-4-5-13(16)15-2/h6-7,9H,3-5,8,14H2,1-2H3,(H,15,16). The first-order valence-electron chi connectivity index (χ1n) is 6.03. The summed E-state index contributed by atoms with van der Waals surface area (Å²) in [7, 11) is 1.65. The lowest BCUT2D eigenvalue weighted by atomic mass is 10.3. The van der Waals surface area contributed by atoms with Gasteiger partial charge in [-0.2, -0.15) is 0 Å². The van der Waals surface area contributed by atoms with Crippen LogP contribution >= 0.6 is 11.8 Å². The molecule has 100 valence electrons. The smallest absolute Gasteiger partial charge is 0.219 e. The molecule has 0 saturated carbocycles. The van der Waals surface area contributed by atoms with Crippen LogP contribution in [0.25, 0.3) is 0 Å². The number of nitrogens with two attached hydrogens (primary N) is 1. The Hall–Kier alpha value is -1.36. The molecule has 0 aliphatic carbocycles. The summed E-state index contributed by atoms with van der Waals surface area (Å²) < 4.78 is 5.43. The number of nitrogens with one attached hydrogen (secondary N) is 1. The van der Waals surface area contributed by atoms with Gasteiger partial charge in [-0.15, -0.1) is 11.8 Å². The van der Waals surface area contributed by atoms with Gasteiger partial charge in [0.2, 0.25) is 5.91 Å². The average Bonchev–Trinajstić information content (AvgIpc) is 2.38. The van der Waals surface area contributed by atoms with Gasteiger partial charge in [0.1, 0.15) is 5.75 Å². The first-order valence-corrected chi connectivity index (χ1v) is 7.01. The van der Waals surface area contributed by atoms with Crippen molar-refractivity contribution in [3.05, 3.63) is 18.2 Å². The summed E-state index contributed by atoms with van der Waals surface area (Å²) in [6, 6.07) is 5.67. The van der Waals surface area contributed by atoms with Crippen molar-refractivity contribution in [3.8, 4) is 5.75 Å². The average molecular weight is 268 g/mol. The zero-order valence-electron chi connectivity index (χ0n) is 10.9. The van der Waals surface area contributed by atoms with Gasteiger partial charge < -0.3 is 15.8 Å². The molecule has 1 rings (SSSR count). The molecule has 0 spiro atoms. The molecule has 0 aliphatic rings. The van der Waals surface area contributed by atoms with Gasteiger partial charge in [0.05, 0.1) is 6.61 Å². The van der Waals surface area contributed by atoms with Crippen LogP contribution in [0.5, 0.6) is 5.75 Å². The van der Waals surface area contributed by atoms with Gasteiger partial charge in [-0.1, -0.05) is 0 Å². The van der Waals surface area contributed by atoms with Crippen LogP contribution in [0, 0.1) is 0 Å². The molecule has 1 amide bonds. The molecule has 18 heavy (non-hydrogen) atoms. The Balaban J connectivity index is 2.45. The van der Waals surface area contributed by atoms with Crippen LogP contribution in [0.15, 0.2) is 23.1 Å². The Morgan fingerprint density at radius 3 is 2.94 bits per heavy atom. The maximum Gasteiger partial charge on any atom is 0.219 e. The molecule has 1 aromatic rings. The van der Waals surface area contributed by atoms with Crippen LogP contribution in [0.4, 0.5) is 5.69 Å². The van der Waals surface area contributed by atoms with E-state index in [1.54, 1.807) is 18.8 Å². The quantitative estimate of drug-likeness (QED) is 0.452. The number of benzene rings is 1. The number of anilines is 1. The highest BCUT2D eigenvalue weighted by Crippen LogP contribution is 2.29. The van der Waals surface area contributed by atoms with Crippen molar-refractivity contribution in [3.63, 3.8) is 0 Å². The van der Waals surface area contributed by atoms with Gasteiger partial charge in [0, 0.05) is 24.1 Å². The summed E-state index contributed by atoms with van der Waals surface area (Å²) in [4.78, 5) is 12.1. The van der Waals surface area contributed by atoms with E-state index in [9.17, 15) is 4.79 Å². The van der Waals surface area contributed by atoms with E-state index in [2.05, 4.69) is 5.32 Å². The van der Waals surface area contributed by atoms with E-state index in [0.717, 1.165) is 28.5 Å². The maximum atomic E-state index is 11.1. The van der Waals surface area contributed by atoms with E-state index < -0.39 is 0 Å². The number of ether oxygens (including phenoxy) is 1. The molecule has 0 unspecified atom stereocenters. The molecule has 0 fully saturated rings. The van der Waals surface area contributed by atoms with Crippen LogP contribution in [-0.4, -0.2) is 25.3 Å². The second kappa shape index (κ2) is 7.87. The number of nitrogen functional groups attached to an aromatic ring is 1. The fourth-order valence-electron chi connectivity index (χ4n) is 1.44. The molecule has 3 N–H and O–H groups in total. The number of rotatable bonds is 7. The summed E-state index contributed by atoms with van der Waals surface area (Å²) >= 11 is 1.65. The third kappa shape index (κ3) is 4.87. The Labute approximate surface area is 112 Å². The van der Waals surface area contributed by atoms with Crippen molar-refractivity contribution in [2.45, 2.75) is 24.7 Å². The minimum Gasteiger partial charge on any atom is -0.494 e. The lowest BCUT2D eigenvalue weighted by Gasteiger charge is -2.08. The van der Waals surface area contributed by atoms with E-state index in [1.807, 2.05) is 25.1 Å². The van der Waals surface area contributed by atoms with Crippen LogP contribution in [0.1, 0.15) is 19.8 Å². The highest BCUT2D eigenvalue weighted by Gasteiger charge is 2.04. The highest BCUT2D eigenvalue weighted by atomic mass is 32.2. The Morgan fingerprint density at radius 2 is 2.28 bits per heavy atom. The fourth-order valence-corrected chi connectivity index (χ4v) is 2.38. The van der Waals surface area contributed by atoms with Gasteiger partial charge in [-0.3, -0.25) is 4.79 Å². The second-order valence-corrected chi connectivity index (χ2v) is 4.89. The monoisotopic (exact) mass is 268 g/mol. The molecule has 0 atom stereocenters. The predicted octanol–water partition coefficient (Wildman–Crippen LogP) is 2.29. The van der Waals surface area contributed by atoms with Gasteiger partial charge in [-0.05, 0) is 37.3 Å². The normalized spacial score (nSPS) is 10.1. The van der Waals surface area contributed by atoms with Crippen LogP contribution in [0.2, 0.25) is 0 Å². The Morgan fingerprint density at radius 1 is 1.50 bits per heavy atom. The number of carbonyl (C=O) groups excluding carboxylic acids is 1. The topological polar surface area (TPSA) is 64.3 Å². The van der Waals surface area contributed by atoms with Crippen molar-refractivity contribution in [2.75, 3.05) is 25.1 Å². The molecule has 1 aromatic carbocycles. The molecule has 5 heteroatoms. The second-order valence-electron chi connectivity index (χ2n) is 3.76. The predicted molar refractivity (Wildman–Crippen MR) is 76.0 cm³/mol. The molecular formula is C13H20N2O2S. The van der Waals surface area contributed by atoms with E-state index >= 15 is 0 Å². The van der Waals surface area contributed by atoms with Crippen LogP contribution in [-0.2, 0) is 4.79 Å². The zero-order chi connectivity index (χ0) is 13.4. The first kappa shape index (κ1) is 14.7. The fraction of sp³-hybridized carbons (Fsp3) is 0.462. The third-order valence-electron chi connectivity index (χ3n) is 2.38. The molecule has 0 aliphatic heterocycles. The number of hydrogen-bond acceptors (Lipinski definition) is 4. The number of amides is 1. The number of hydrogen-bond donors (Lipinski definition) is 2. The van der Waals surface area contributed by atoms with Gasteiger partial charge in [0.25, 0.3) is 0 Å². The van der Waals surface area contributed by atoms with Crippen molar-refractivity contribution < 1.29 is 9.53 Å². The summed E-state index contributed by atoms with van der Waals surface area (Å²) in [5, 5.41) is 2.61. The molecule has 0 aromatic heterocycles. The Bertz CT molecular complexity index is 397. The van der Waals surface area contributed by atoms with Gasteiger partial charge in [0.15, 0.2) is 0 Å². The van der Waals surface area contributed by atoms with Crippen LogP contribution in [0.3, 0.4) is 0 Å². The largest absolute Gasteiger partial charge is 0.494 e. The molecule has 0 saturated heterocycles. The third-order valence-corrected chi connectivity index (χ3v) is 3.54.